The lowest BCUT2D eigenvalue weighted by atomic mass is 10.1. The molecule has 0 radical (unpaired) electrons. The van der Waals surface area contributed by atoms with Crippen molar-refractivity contribution in [1.82, 2.24) is 4.72 Å². The zero-order valence-electron chi connectivity index (χ0n) is 15.5. The Morgan fingerprint density at radius 2 is 1.82 bits per heavy atom. The second kappa shape index (κ2) is 8.53. The lowest BCUT2D eigenvalue weighted by Crippen LogP contribution is -2.25. The van der Waals surface area contributed by atoms with Crippen LogP contribution in [-0.2, 0) is 26.0 Å². The number of ether oxygens (including phenoxy) is 1. The van der Waals surface area contributed by atoms with Crippen molar-refractivity contribution in [3.8, 4) is 0 Å². The minimum atomic E-state index is -3.57. The highest BCUT2D eigenvalue weighted by atomic mass is 32.2. The largest absolute Gasteiger partial charge is 0.452 e. The van der Waals surface area contributed by atoms with E-state index in [4.69, 9.17) is 4.74 Å². The van der Waals surface area contributed by atoms with Crippen LogP contribution in [0.5, 0.6) is 0 Å². The average Bonchev–Trinajstić information content (AvgIpc) is 3.49. The number of aryl methyl sites for hydroxylation is 1. The van der Waals surface area contributed by atoms with Gasteiger partial charge in [0.25, 0.3) is 5.91 Å². The second-order valence-electron chi connectivity index (χ2n) is 6.60. The molecule has 1 fully saturated rings. The molecule has 28 heavy (non-hydrogen) atoms. The third-order valence-electron chi connectivity index (χ3n) is 4.25. The van der Waals surface area contributed by atoms with E-state index in [0.717, 1.165) is 24.8 Å². The molecule has 1 aliphatic rings. The summed E-state index contributed by atoms with van der Waals surface area (Å²) in [5.41, 5.74) is 1.89. The number of rotatable bonds is 8. The van der Waals surface area contributed by atoms with E-state index in [-0.39, 0.29) is 16.5 Å². The first-order valence-electron chi connectivity index (χ1n) is 9.05. The number of carbonyl (C=O) groups is 2. The van der Waals surface area contributed by atoms with Crippen molar-refractivity contribution < 1.29 is 22.7 Å². The first-order valence-corrected chi connectivity index (χ1v) is 10.5. The fraction of sp³-hybridized carbons (Fsp3) is 0.300. The van der Waals surface area contributed by atoms with Gasteiger partial charge in [0.1, 0.15) is 0 Å². The maximum Gasteiger partial charge on any atom is 0.338 e. The zero-order valence-corrected chi connectivity index (χ0v) is 16.3. The fourth-order valence-corrected chi connectivity index (χ4v) is 3.84. The number of amides is 1. The molecule has 2 aromatic carbocycles. The van der Waals surface area contributed by atoms with Gasteiger partial charge in [0.2, 0.25) is 10.0 Å². The van der Waals surface area contributed by atoms with E-state index < -0.39 is 28.5 Å². The van der Waals surface area contributed by atoms with Crippen LogP contribution in [0, 0.1) is 0 Å². The van der Waals surface area contributed by atoms with E-state index in [1.54, 1.807) is 6.07 Å². The van der Waals surface area contributed by atoms with Crippen molar-refractivity contribution in [2.75, 3.05) is 11.9 Å². The van der Waals surface area contributed by atoms with Gasteiger partial charge in [-0.2, -0.15) is 0 Å². The van der Waals surface area contributed by atoms with Crippen molar-refractivity contribution in [2.45, 2.75) is 37.1 Å². The monoisotopic (exact) mass is 402 g/mol. The van der Waals surface area contributed by atoms with Gasteiger partial charge in [-0.1, -0.05) is 19.1 Å². The molecular formula is C20H22N2O5S. The quantitative estimate of drug-likeness (QED) is 0.661. The van der Waals surface area contributed by atoms with Crippen LogP contribution < -0.4 is 10.0 Å². The molecule has 0 aromatic heterocycles. The van der Waals surface area contributed by atoms with E-state index in [1.165, 1.54) is 24.3 Å². The van der Waals surface area contributed by atoms with Crippen molar-refractivity contribution >= 4 is 27.6 Å². The molecule has 0 heterocycles. The molecule has 1 saturated carbocycles. The van der Waals surface area contributed by atoms with Crippen LogP contribution in [0.25, 0.3) is 0 Å². The maximum atomic E-state index is 12.1. The standard InChI is InChI=1S/C20H22N2O5S/c1-2-14-4-3-5-17(12-14)21-19(23)13-27-20(24)15-6-10-18(11-7-15)28(25,26)22-16-8-9-16/h3-7,10-12,16,22H,2,8-9,13H2,1H3,(H,21,23). The van der Waals surface area contributed by atoms with Gasteiger partial charge in [-0.15, -0.1) is 0 Å². The van der Waals surface area contributed by atoms with Gasteiger partial charge in [0.05, 0.1) is 10.5 Å². The van der Waals surface area contributed by atoms with Gasteiger partial charge in [-0.05, 0) is 61.2 Å². The lowest BCUT2D eigenvalue weighted by Gasteiger charge is -2.08. The van der Waals surface area contributed by atoms with Crippen molar-refractivity contribution in [3.05, 3.63) is 59.7 Å². The Morgan fingerprint density at radius 3 is 2.46 bits per heavy atom. The first kappa shape index (κ1) is 20.0. The highest BCUT2D eigenvalue weighted by Gasteiger charge is 2.28. The molecule has 0 spiro atoms. The summed E-state index contributed by atoms with van der Waals surface area (Å²) in [6, 6.07) is 12.8. The Labute approximate surface area is 164 Å². The van der Waals surface area contributed by atoms with Crippen LogP contribution >= 0.6 is 0 Å². The van der Waals surface area contributed by atoms with Gasteiger partial charge < -0.3 is 10.1 Å². The number of sulfonamides is 1. The van der Waals surface area contributed by atoms with Crippen molar-refractivity contribution in [2.24, 2.45) is 0 Å². The summed E-state index contributed by atoms with van der Waals surface area (Å²) >= 11 is 0. The Balaban J connectivity index is 1.53. The number of nitrogens with one attached hydrogen (secondary N) is 2. The summed E-state index contributed by atoms with van der Waals surface area (Å²) in [7, 11) is -3.57. The van der Waals surface area contributed by atoms with Gasteiger partial charge >= 0.3 is 5.97 Å². The number of carbonyl (C=O) groups excluding carboxylic acids is 2. The van der Waals surface area contributed by atoms with E-state index in [9.17, 15) is 18.0 Å². The number of hydrogen-bond donors (Lipinski definition) is 2. The van der Waals surface area contributed by atoms with Crippen LogP contribution in [0.1, 0.15) is 35.7 Å². The summed E-state index contributed by atoms with van der Waals surface area (Å²) in [6.45, 7) is 1.58. The molecule has 0 aliphatic heterocycles. The van der Waals surface area contributed by atoms with Crippen LogP contribution in [-0.4, -0.2) is 32.9 Å². The Morgan fingerprint density at radius 1 is 1.11 bits per heavy atom. The molecule has 1 amide bonds. The Hall–Kier alpha value is -2.71. The predicted octanol–water partition coefficient (Wildman–Crippen LogP) is 2.49. The third kappa shape index (κ3) is 5.40. The molecule has 0 unspecified atom stereocenters. The molecule has 2 N–H and O–H groups in total. The SMILES string of the molecule is CCc1cccc(NC(=O)COC(=O)c2ccc(S(=O)(=O)NC3CC3)cc2)c1. The topological polar surface area (TPSA) is 102 Å². The van der Waals surface area contributed by atoms with Crippen molar-refractivity contribution in [3.63, 3.8) is 0 Å². The van der Waals surface area contributed by atoms with E-state index in [0.29, 0.717) is 5.69 Å². The van der Waals surface area contributed by atoms with Crippen LogP contribution in [0.15, 0.2) is 53.4 Å². The van der Waals surface area contributed by atoms with Crippen LogP contribution in [0.3, 0.4) is 0 Å². The summed E-state index contributed by atoms with van der Waals surface area (Å²) in [4.78, 5) is 24.1. The normalized spacial score (nSPS) is 13.8. The van der Waals surface area contributed by atoms with E-state index in [1.807, 2.05) is 25.1 Å². The highest BCUT2D eigenvalue weighted by molar-refractivity contribution is 7.89. The molecule has 8 heteroatoms. The predicted molar refractivity (Wildman–Crippen MR) is 105 cm³/mol. The third-order valence-corrected chi connectivity index (χ3v) is 5.79. The summed E-state index contributed by atoms with van der Waals surface area (Å²) in [5, 5.41) is 2.67. The van der Waals surface area contributed by atoms with Crippen LogP contribution in [0.2, 0.25) is 0 Å². The number of hydrogen-bond acceptors (Lipinski definition) is 5. The van der Waals surface area contributed by atoms with Gasteiger partial charge in [0, 0.05) is 11.7 Å². The molecule has 1 aliphatic carbocycles. The van der Waals surface area contributed by atoms with Gasteiger partial charge in [0.15, 0.2) is 6.61 Å². The van der Waals surface area contributed by atoms with Gasteiger partial charge in [-0.3, -0.25) is 4.79 Å². The molecule has 3 rings (SSSR count). The average molecular weight is 402 g/mol. The van der Waals surface area contributed by atoms with Crippen LogP contribution in [0.4, 0.5) is 5.69 Å². The van der Waals surface area contributed by atoms with Crippen molar-refractivity contribution in [1.29, 1.82) is 0 Å². The number of benzene rings is 2. The number of esters is 1. The lowest BCUT2D eigenvalue weighted by molar-refractivity contribution is -0.119. The maximum absolute atomic E-state index is 12.1. The molecule has 7 nitrogen and oxygen atoms in total. The molecule has 148 valence electrons. The fourth-order valence-electron chi connectivity index (χ4n) is 2.54. The summed E-state index contributed by atoms with van der Waals surface area (Å²) in [6.07, 6.45) is 2.53. The second-order valence-corrected chi connectivity index (χ2v) is 8.31. The minimum absolute atomic E-state index is 0.00572. The number of anilines is 1. The zero-order chi connectivity index (χ0) is 20.1. The molecule has 0 bridgehead atoms. The summed E-state index contributed by atoms with van der Waals surface area (Å²) < 4.78 is 31.8. The summed E-state index contributed by atoms with van der Waals surface area (Å²) in [5.74, 6) is -1.15. The smallest absolute Gasteiger partial charge is 0.338 e. The molecule has 2 aromatic rings. The first-order chi connectivity index (χ1) is 13.4. The highest BCUT2D eigenvalue weighted by Crippen LogP contribution is 2.22. The van der Waals surface area contributed by atoms with E-state index >= 15 is 0 Å². The molecule has 0 saturated heterocycles. The Bertz CT molecular complexity index is 966. The minimum Gasteiger partial charge on any atom is -0.452 e. The molecular weight excluding hydrogens is 380 g/mol. The van der Waals surface area contributed by atoms with E-state index in [2.05, 4.69) is 10.0 Å². The van der Waals surface area contributed by atoms with Gasteiger partial charge in [-0.25, -0.2) is 17.9 Å². The molecule has 0 atom stereocenters. The Kier molecular flexibility index (Phi) is 6.11.